The molecule has 1 aliphatic rings. The van der Waals surface area contributed by atoms with Gasteiger partial charge in [0.1, 0.15) is 6.07 Å². The van der Waals surface area contributed by atoms with E-state index in [-0.39, 0.29) is 12.7 Å². The third kappa shape index (κ3) is 6.43. The van der Waals surface area contributed by atoms with E-state index in [1.165, 1.54) is 19.3 Å². The zero-order valence-electron chi connectivity index (χ0n) is 15.8. The van der Waals surface area contributed by atoms with Gasteiger partial charge in [-0.3, -0.25) is 0 Å². The van der Waals surface area contributed by atoms with Crippen LogP contribution in [0.15, 0.2) is 30.3 Å². The van der Waals surface area contributed by atoms with Gasteiger partial charge < -0.3 is 14.2 Å². The van der Waals surface area contributed by atoms with Gasteiger partial charge in [0.25, 0.3) is 0 Å². The molecule has 0 radical (unpaired) electrons. The Kier molecular flexibility index (Phi) is 7.43. The molecule has 0 saturated carbocycles. The number of nitriles is 1. The maximum atomic E-state index is 9.79. The Morgan fingerprint density at radius 2 is 1.96 bits per heavy atom. The number of ether oxygens (including phenoxy) is 3. The molecule has 1 fully saturated rings. The standard InChI is InChI=1S/C21H31NO3/c1-4-5-6-10-13-19-14-21(16-22,25-20(2,3)24-19)17-23-15-18-11-8-7-9-12-18/h7-9,11-12,19H,4-6,10,13-15,17H2,1-3H3/t19-,21-/m0/s1. The van der Waals surface area contributed by atoms with E-state index in [0.717, 1.165) is 18.4 Å². The molecule has 2 atom stereocenters. The number of rotatable bonds is 9. The van der Waals surface area contributed by atoms with Crippen LogP contribution in [0.1, 0.15) is 64.9 Å². The predicted molar refractivity (Wildman–Crippen MR) is 97.9 cm³/mol. The van der Waals surface area contributed by atoms with E-state index >= 15 is 0 Å². The molecule has 4 nitrogen and oxygen atoms in total. The second kappa shape index (κ2) is 9.33. The number of nitrogens with zero attached hydrogens (tertiary/aromatic N) is 1. The number of unbranched alkanes of at least 4 members (excludes halogenated alkanes) is 3. The first-order valence-electron chi connectivity index (χ1n) is 9.39. The van der Waals surface area contributed by atoms with Crippen molar-refractivity contribution in [3.05, 3.63) is 35.9 Å². The Morgan fingerprint density at radius 1 is 1.20 bits per heavy atom. The van der Waals surface area contributed by atoms with Crippen molar-refractivity contribution in [2.75, 3.05) is 6.61 Å². The number of hydrogen-bond donors (Lipinski definition) is 0. The third-order valence-electron chi connectivity index (χ3n) is 4.48. The lowest BCUT2D eigenvalue weighted by Gasteiger charge is -2.45. The Bertz CT molecular complexity index is 552. The van der Waals surface area contributed by atoms with Crippen LogP contribution in [0.4, 0.5) is 0 Å². The maximum absolute atomic E-state index is 9.79. The monoisotopic (exact) mass is 345 g/mol. The summed E-state index contributed by atoms with van der Waals surface area (Å²) in [5.74, 6) is -0.764. The van der Waals surface area contributed by atoms with Gasteiger partial charge in [-0.1, -0.05) is 62.9 Å². The van der Waals surface area contributed by atoms with E-state index in [2.05, 4.69) is 13.0 Å². The summed E-state index contributed by atoms with van der Waals surface area (Å²) in [6.45, 7) is 6.72. The van der Waals surface area contributed by atoms with Crippen molar-refractivity contribution in [3.8, 4) is 6.07 Å². The van der Waals surface area contributed by atoms with Crippen molar-refractivity contribution in [2.24, 2.45) is 0 Å². The molecule has 1 aliphatic heterocycles. The highest BCUT2D eigenvalue weighted by atomic mass is 16.7. The van der Waals surface area contributed by atoms with Crippen LogP contribution in [0.25, 0.3) is 0 Å². The number of hydrogen-bond acceptors (Lipinski definition) is 4. The maximum Gasteiger partial charge on any atom is 0.183 e. The summed E-state index contributed by atoms with van der Waals surface area (Å²) in [7, 11) is 0. The lowest BCUT2D eigenvalue weighted by molar-refractivity contribution is -0.327. The molecule has 0 spiro atoms. The summed E-state index contributed by atoms with van der Waals surface area (Å²) in [6.07, 6.45) is 6.37. The van der Waals surface area contributed by atoms with E-state index < -0.39 is 11.4 Å². The molecule has 0 aliphatic carbocycles. The summed E-state index contributed by atoms with van der Waals surface area (Å²) in [4.78, 5) is 0. The Morgan fingerprint density at radius 3 is 2.64 bits per heavy atom. The molecule has 1 aromatic rings. The van der Waals surface area contributed by atoms with Gasteiger partial charge in [0.2, 0.25) is 0 Å². The van der Waals surface area contributed by atoms with Crippen molar-refractivity contribution >= 4 is 0 Å². The third-order valence-corrected chi connectivity index (χ3v) is 4.48. The quantitative estimate of drug-likeness (QED) is 0.592. The van der Waals surface area contributed by atoms with Crippen LogP contribution < -0.4 is 0 Å². The van der Waals surface area contributed by atoms with Gasteiger partial charge in [-0.15, -0.1) is 0 Å². The molecular formula is C21H31NO3. The van der Waals surface area contributed by atoms with E-state index in [4.69, 9.17) is 14.2 Å². The number of benzene rings is 1. The Hall–Kier alpha value is -1.41. The van der Waals surface area contributed by atoms with E-state index in [1.807, 2.05) is 44.2 Å². The average molecular weight is 345 g/mol. The van der Waals surface area contributed by atoms with Crippen LogP contribution in [0, 0.1) is 11.3 Å². The molecule has 0 unspecified atom stereocenters. The molecule has 1 saturated heterocycles. The Labute approximate surface area is 152 Å². The molecule has 0 amide bonds. The molecular weight excluding hydrogens is 314 g/mol. The lowest BCUT2D eigenvalue weighted by atomic mass is 9.92. The minimum atomic E-state index is -0.939. The lowest BCUT2D eigenvalue weighted by Crippen LogP contribution is -2.54. The molecule has 1 heterocycles. The first kappa shape index (κ1) is 19.9. The van der Waals surface area contributed by atoms with Crippen molar-refractivity contribution in [1.82, 2.24) is 0 Å². The van der Waals surface area contributed by atoms with Crippen LogP contribution in [-0.4, -0.2) is 24.1 Å². The second-order valence-corrected chi connectivity index (χ2v) is 7.38. The molecule has 2 rings (SSSR count). The fourth-order valence-corrected chi connectivity index (χ4v) is 3.40. The second-order valence-electron chi connectivity index (χ2n) is 7.38. The van der Waals surface area contributed by atoms with Gasteiger partial charge >= 0.3 is 0 Å². The fraction of sp³-hybridized carbons (Fsp3) is 0.667. The van der Waals surface area contributed by atoms with Crippen molar-refractivity contribution in [1.29, 1.82) is 5.26 Å². The summed E-state index contributed by atoms with van der Waals surface area (Å²) >= 11 is 0. The summed E-state index contributed by atoms with van der Waals surface area (Å²) in [6, 6.07) is 12.4. The normalized spacial score (nSPS) is 25.4. The molecule has 4 heteroatoms. The molecule has 138 valence electrons. The van der Waals surface area contributed by atoms with E-state index in [0.29, 0.717) is 13.0 Å². The highest BCUT2D eigenvalue weighted by Gasteiger charge is 2.46. The van der Waals surface area contributed by atoms with Gasteiger partial charge in [-0.25, -0.2) is 0 Å². The van der Waals surface area contributed by atoms with Gasteiger partial charge in [-0.2, -0.15) is 5.26 Å². The molecule has 0 aromatic heterocycles. The van der Waals surface area contributed by atoms with Crippen LogP contribution in [0.5, 0.6) is 0 Å². The first-order chi connectivity index (χ1) is 12.0. The predicted octanol–water partition coefficient (Wildman–Crippen LogP) is 4.98. The van der Waals surface area contributed by atoms with Crippen LogP contribution in [0.3, 0.4) is 0 Å². The van der Waals surface area contributed by atoms with Gasteiger partial charge in [0.05, 0.1) is 19.3 Å². The summed E-state index contributed by atoms with van der Waals surface area (Å²) in [5.41, 5.74) is 0.157. The highest BCUT2D eigenvalue weighted by molar-refractivity contribution is 5.13. The van der Waals surface area contributed by atoms with Crippen molar-refractivity contribution in [3.63, 3.8) is 0 Å². The topological polar surface area (TPSA) is 51.5 Å². The largest absolute Gasteiger partial charge is 0.373 e. The summed E-state index contributed by atoms with van der Waals surface area (Å²) in [5, 5.41) is 9.79. The fourth-order valence-electron chi connectivity index (χ4n) is 3.40. The van der Waals surface area contributed by atoms with E-state index in [1.54, 1.807) is 0 Å². The minimum absolute atomic E-state index is 0.0422. The average Bonchev–Trinajstić information content (AvgIpc) is 2.58. The van der Waals surface area contributed by atoms with Crippen LogP contribution in [0.2, 0.25) is 0 Å². The van der Waals surface area contributed by atoms with Gasteiger partial charge in [0, 0.05) is 6.42 Å². The highest BCUT2D eigenvalue weighted by Crippen LogP contribution is 2.36. The van der Waals surface area contributed by atoms with Crippen molar-refractivity contribution in [2.45, 2.75) is 83.4 Å². The smallest absolute Gasteiger partial charge is 0.183 e. The summed E-state index contributed by atoms with van der Waals surface area (Å²) < 4.78 is 17.9. The van der Waals surface area contributed by atoms with E-state index in [9.17, 15) is 5.26 Å². The zero-order valence-corrected chi connectivity index (χ0v) is 15.8. The molecule has 0 N–H and O–H groups in total. The Balaban J connectivity index is 1.92. The zero-order chi connectivity index (χ0) is 18.2. The molecule has 1 aromatic carbocycles. The van der Waals surface area contributed by atoms with Crippen LogP contribution in [-0.2, 0) is 20.8 Å². The van der Waals surface area contributed by atoms with Crippen molar-refractivity contribution < 1.29 is 14.2 Å². The molecule has 25 heavy (non-hydrogen) atoms. The van der Waals surface area contributed by atoms with Crippen LogP contribution >= 0.6 is 0 Å². The molecule has 0 bridgehead atoms. The SMILES string of the molecule is CCCCCC[C@H]1C[C@](C#N)(COCc2ccccc2)OC(C)(C)O1. The van der Waals surface area contributed by atoms with Gasteiger partial charge in [0.15, 0.2) is 11.4 Å². The first-order valence-corrected chi connectivity index (χ1v) is 9.39. The minimum Gasteiger partial charge on any atom is -0.373 e. The van der Waals surface area contributed by atoms with Gasteiger partial charge in [-0.05, 0) is 25.8 Å².